The summed E-state index contributed by atoms with van der Waals surface area (Å²) in [6.07, 6.45) is 4.55. The van der Waals surface area contributed by atoms with Crippen molar-refractivity contribution in [2.45, 2.75) is 0 Å². The summed E-state index contributed by atoms with van der Waals surface area (Å²) in [5.41, 5.74) is 0.746. The van der Waals surface area contributed by atoms with E-state index in [0.29, 0.717) is 11.3 Å². The van der Waals surface area contributed by atoms with Crippen molar-refractivity contribution < 1.29 is 14.3 Å². The summed E-state index contributed by atoms with van der Waals surface area (Å²) < 4.78 is 6.35. The number of ether oxygens (including phenoxy) is 1. The topological polar surface area (TPSA) is 77.0 Å². The summed E-state index contributed by atoms with van der Waals surface area (Å²) in [4.78, 5) is 25.8. The minimum atomic E-state index is -0.557. The Morgan fingerprint density at radius 2 is 2.35 bits per heavy atom. The highest BCUT2D eigenvalue weighted by atomic mass is 16.5. The molecule has 1 N–H and O–H groups in total. The van der Waals surface area contributed by atoms with Gasteiger partial charge in [-0.25, -0.2) is 4.79 Å². The fourth-order valence-corrected chi connectivity index (χ4v) is 1.32. The molecule has 0 radical (unpaired) electrons. The standard InChI is InChI=1S/C11H11N3O3/c1-14-6-8(5-13-14)11(16)17-7-10(15)9-3-2-4-12-9/h2-6,12H,7H2,1H3. The minimum Gasteiger partial charge on any atom is -0.454 e. The summed E-state index contributed by atoms with van der Waals surface area (Å²) in [6.45, 7) is -0.283. The maximum Gasteiger partial charge on any atom is 0.341 e. The molecule has 0 saturated heterocycles. The van der Waals surface area contributed by atoms with E-state index in [1.54, 1.807) is 25.4 Å². The summed E-state index contributed by atoms with van der Waals surface area (Å²) in [5.74, 6) is -0.828. The maximum atomic E-state index is 11.5. The predicted octanol–water partition coefficient (Wildman–Crippen LogP) is 0.788. The van der Waals surface area contributed by atoms with Gasteiger partial charge in [0.2, 0.25) is 5.78 Å². The number of carbonyl (C=O) groups excluding carboxylic acids is 2. The van der Waals surface area contributed by atoms with Gasteiger partial charge in [0.1, 0.15) is 0 Å². The normalized spacial score (nSPS) is 10.2. The molecule has 0 aliphatic carbocycles. The lowest BCUT2D eigenvalue weighted by Crippen LogP contribution is -2.14. The lowest BCUT2D eigenvalue weighted by molar-refractivity contribution is 0.0473. The quantitative estimate of drug-likeness (QED) is 0.625. The SMILES string of the molecule is Cn1cc(C(=O)OCC(=O)c2ccc[nH]2)cn1. The first-order valence-corrected chi connectivity index (χ1v) is 4.99. The molecule has 88 valence electrons. The van der Waals surface area contributed by atoms with Crippen LogP contribution in [0.3, 0.4) is 0 Å². The molecule has 0 aliphatic heterocycles. The number of aromatic amines is 1. The molecule has 0 amide bonds. The van der Waals surface area contributed by atoms with Gasteiger partial charge in [0.15, 0.2) is 6.61 Å². The van der Waals surface area contributed by atoms with E-state index in [2.05, 4.69) is 10.1 Å². The van der Waals surface area contributed by atoms with Crippen molar-refractivity contribution in [3.63, 3.8) is 0 Å². The first-order valence-electron chi connectivity index (χ1n) is 4.99. The van der Waals surface area contributed by atoms with Crippen molar-refractivity contribution in [2.24, 2.45) is 7.05 Å². The van der Waals surface area contributed by atoms with Crippen LogP contribution in [0.15, 0.2) is 30.7 Å². The van der Waals surface area contributed by atoms with Crippen molar-refractivity contribution in [3.8, 4) is 0 Å². The fraction of sp³-hybridized carbons (Fsp3) is 0.182. The van der Waals surface area contributed by atoms with Gasteiger partial charge in [-0.2, -0.15) is 5.10 Å². The number of nitrogens with one attached hydrogen (secondary N) is 1. The number of Topliss-reactive ketones (excluding diaryl/α,β-unsaturated/α-hetero) is 1. The van der Waals surface area contributed by atoms with Crippen molar-refractivity contribution in [2.75, 3.05) is 6.61 Å². The van der Waals surface area contributed by atoms with Crippen LogP contribution in [0.25, 0.3) is 0 Å². The molecular formula is C11H11N3O3. The number of carbonyl (C=O) groups is 2. The van der Waals surface area contributed by atoms with Crippen LogP contribution < -0.4 is 0 Å². The Balaban J connectivity index is 1.91. The number of aromatic nitrogens is 3. The van der Waals surface area contributed by atoms with E-state index in [1.165, 1.54) is 17.1 Å². The smallest absolute Gasteiger partial charge is 0.341 e. The second-order valence-electron chi connectivity index (χ2n) is 3.49. The Morgan fingerprint density at radius 1 is 1.53 bits per heavy atom. The van der Waals surface area contributed by atoms with Gasteiger partial charge >= 0.3 is 5.97 Å². The predicted molar refractivity (Wildman–Crippen MR) is 58.6 cm³/mol. The van der Waals surface area contributed by atoms with E-state index in [4.69, 9.17) is 4.74 Å². The molecule has 0 bridgehead atoms. The molecule has 0 unspecified atom stereocenters. The molecule has 2 aromatic heterocycles. The first kappa shape index (κ1) is 11.1. The second-order valence-corrected chi connectivity index (χ2v) is 3.49. The Kier molecular flexibility index (Phi) is 3.04. The Labute approximate surface area is 97.2 Å². The van der Waals surface area contributed by atoms with Gasteiger partial charge in [-0.05, 0) is 12.1 Å². The monoisotopic (exact) mass is 233 g/mol. The average molecular weight is 233 g/mol. The molecule has 17 heavy (non-hydrogen) atoms. The third kappa shape index (κ3) is 2.60. The third-order valence-corrected chi connectivity index (χ3v) is 2.17. The molecule has 0 saturated carbocycles. The van der Waals surface area contributed by atoms with Crippen LogP contribution >= 0.6 is 0 Å². The van der Waals surface area contributed by atoms with Crippen LogP contribution in [-0.2, 0) is 11.8 Å². The highest BCUT2D eigenvalue weighted by Gasteiger charge is 2.13. The molecule has 2 heterocycles. The van der Waals surface area contributed by atoms with Gasteiger partial charge in [0.05, 0.1) is 17.5 Å². The molecule has 6 nitrogen and oxygen atoms in total. The molecule has 0 spiro atoms. The van der Waals surface area contributed by atoms with Crippen molar-refractivity contribution in [1.29, 1.82) is 0 Å². The summed E-state index contributed by atoms with van der Waals surface area (Å²) in [6, 6.07) is 3.33. The van der Waals surface area contributed by atoms with Crippen LogP contribution in [0, 0.1) is 0 Å². The second kappa shape index (κ2) is 4.65. The lowest BCUT2D eigenvalue weighted by Gasteiger charge is -2.00. The Bertz CT molecular complexity index is 528. The van der Waals surface area contributed by atoms with E-state index in [0.717, 1.165) is 0 Å². The highest BCUT2D eigenvalue weighted by molar-refractivity contribution is 5.97. The molecule has 0 aromatic carbocycles. The van der Waals surface area contributed by atoms with E-state index < -0.39 is 5.97 Å². The zero-order valence-corrected chi connectivity index (χ0v) is 9.21. The molecule has 0 atom stereocenters. The van der Waals surface area contributed by atoms with E-state index in [-0.39, 0.29) is 12.4 Å². The molecule has 6 heteroatoms. The van der Waals surface area contributed by atoms with Crippen LogP contribution in [-0.4, -0.2) is 33.1 Å². The number of esters is 1. The van der Waals surface area contributed by atoms with Crippen LogP contribution in [0.2, 0.25) is 0 Å². The lowest BCUT2D eigenvalue weighted by atomic mass is 10.3. The van der Waals surface area contributed by atoms with Gasteiger partial charge < -0.3 is 9.72 Å². The number of nitrogens with zero attached hydrogens (tertiary/aromatic N) is 2. The van der Waals surface area contributed by atoms with Crippen molar-refractivity contribution in [3.05, 3.63) is 42.0 Å². The molecule has 0 fully saturated rings. The molecule has 0 aliphatic rings. The maximum absolute atomic E-state index is 11.5. The number of hydrogen-bond acceptors (Lipinski definition) is 4. The summed E-state index contributed by atoms with van der Waals surface area (Å²) in [5, 5.41) is 3.84. The van der Waals surface area contributed by atoms with Gasteiger partial charge in [-0.15, -0.1) is 0 Å². The van der Waals surface area contributed by atoms with E-state index in [1.807, 2.05) is 0 Å². The number of rotatable bonds is 4. The number of ketones is 1. The van der Waals surface area contributed by atoms with Gasteiger partial charge in [0.25, 0.3) is 0 Å². The average Bonchev–Trinajstić information content (AvgIpc) is 2.95. The third-order valence-electron chi connectivity index (χ3n) is 2.17. The molecular weight excluding hydrogens is 222 g/mol. The number of hydrogen-bond donors (Lipinski definition) is 1. The Morgan fingerprint density at radius 3 is 2.94 bits per heavy atom. The fourth-order valence-electron chi connectivity index (χ4n) is 1.32. The number of aryl methyl sites for hydroxylation is 1. The Hall–Kier alpha value is -2.37. The molecule has 2 rings (SSSR count). The van der Waals surface area contributed by atoms with E-state index >= 15 is 0 Å². The summed E-state index contributed by atoms with van der Waals surface area (Å²) >= 11 is 0. The van der Waals surface area contributed by atoms with Gasteiger partial charge in [0, 0.05) is 19.4 Å². The van der Waals surface area contributed by atoms with Crippen molar-refractivity contribution >= 4 is 11.8 Å². The molecule has 2 aromatic rings. The van der Waals surface area contributed by atoms with Gasteiger partial charge in [-0.1, -0.05) is 0 Å². The van der Waals surface area contributed by atoms with Crippen LogP contribution in [0.1, 0.15) is 20.8 Å². The number of H-pyrrole nitrogens is 1. The minimum absolute atomic E-state index is 0.271. The van der Waals surface area contributed by atoms with Gasteiger partial charge in [-0.3, -0.25) is 9.48 Å². The highest BCUT2D eigenvalue weighted by Crippen LogP contribution is 2.01. The van der Waals surface area contributed by atoms with E-state index in [9.17, 15) is 9.59 Å². The zero-order chi connectivity index (χ0) is 12.3. The van der Waals surface area contributed by atoms with Crippen molar-refractivity contribution in [1.82, 2.24) is 14.8 Å². The van der Waals surface area contributed by atoms with Crippen LogP contribution in [0.5, 0.6) is 0 Å². The van der Waals surface area contributed by atoms with Crippen LogP contribution in [0.4, 0.5) is 0 Å². The largest absolute Gasteiger partial charge is 0.454 e. The summed E-state index contributed by atoms with van der Waals surface area (Å²) in [7, 11) is 1.70. The zero-order valence-electron chi connectivity index (χ0n) is 9.21. The first-order chi connectivity index (χ1) is 8.16.